The predicted molar refractivity (Wildman–Crippen MR) is 121 cm³/mol. The second-order valence-electron chi connectivity index (χ2n) is 8.58. The maximum absolute atomic E-state index is 9.01. The first-order valence-electron chi connectivity index (χ1n) is 11.0. The molecule has 2 aromatic carbocycles. The first-order chi connectivity index (χ1) is 14.7. The molecule has 5 aromatic rings. The molecule has 0 saturated carbocycles. The quantitative estimate of drug-likeness (QED) is 0.322. The zero-order chi connectivity index (χ0) is 22.0. The average molecular weight is 382 g/mol. The van der Waals surface area contributed by atoms with Crippen LogP contribution in [0.15, 0.2) is 66.9 Å². The van der Waals surface area contributed by atoms with Crippen molar-refractivity contribution in [3.63, 3.8) is 0 Å². The molecule has 0 spiro atoms. The fourth-order valence-electron chi connectivity index (χ4n) is 4.11. The summed E-state index contributed by atoms with van der Waals surface area (Å²) in [4.78, 5) is 4.70. The molecule has 0 bridgehead atoms. The molecule has 0 saturated heterocycles. The number of hydrogen-bond acceptors (Lipinski definition) is 2. The number of hydrogen-bond donors (Lipinski definition) is 0. The maximum Gasteiger partial charge on any atom is 0.0968 e. The van der Waals surface area contributed by atoms with Gasteiger partial charge in [-0.05, 0) is 30.3 Å². The van der Waals surface area contributed by atoms with Gasteiger partial charge >= 0.3 is 0 Å². The molecule has 0 aliphatic carbocycles. The third-order valence-corrected chi connectivity index (χ3v) is 5.25. The van der Waals surface area contributed by atoms with Crippen LogP contribution in [0.25, 0.3) is 38.6 Å². The van der Waals surface area contributed by atoms with Gasteiger partial charge in [-0.1, -0.05) is 75.4 Å². The van der Waals surface area contributed by atoms with Gasteiger partial charge in [-0.2, -0.15) is 5.10 Å². The lowest BCUT2D eigenvalue weighted by molar-refractivity contribution is 0.412. The average Bonchev–Trinajstić information content (AvgIpc) is 3.11. The Morgan fingerprint density at radius 1 is 0.897 bits per heavy atom. The van der Waals surface area contributed by atoms with Crippen LogP contribution in [0, 0.1) is 12.3 Å². The highest BCUT2D eigenvalue weighted by Crippen LogP contribution is 2.36. The van der Waals surface area contributed by atoms with Crippen molar-refractivity contribution in [1.82, 2.24) is 14.6 Å². The topological polar surface area (TPSA) is 30.2 Å². The summed E-state index contributed by atoms with van der Waals surface area (Å²) in [6.45, 7) is 7.89. The first kappa shape index (κ1) is 15.7. The summed E-state index contributed by atoms with van der Waals surface area (Å²) in [7, 11) is 0. The molecule has 3 nitrogen and oxygen atoms in total. The van der Waals surface area contributed by atoms with Crippen molar-refractivity contribution in [2.24, 2.45) is 5.41 Å². The SMILES string of the molecule is [2H]C([2H])(c1ccnc2c3ccccc3c3c(C)c(-c4ccccc4)nn3c12)C(C)(C)C. The molecular weight excluding hydrogens is 354 g/mol. The molecule has 0 aliphatic rings. The molecule has 29 heavy (non-hydrogen) atoms. The maximum atomic E-state index is 9.01. The number of aromatic nitrogens is 3. The van der Waals surface area contributed by atoms with Gasteiger partial charge in [0.15, 0.2) is 0 Å². The Morgan fingerprint density at radius 2 is 1.59 bits per heavy atom. The molecule has 0 amide bonds. The molecule has 0 N–H and O–H groups in total. The van der Waals surface area contributed by atoms with Crippen LogP contribution >= 0.6 is 0 Å². The lowest BCUT2D eigenvalue weighted by atomic mass is 9.87. The van der Waals surface area contributed by atoms with Crippen LogP contribution in [0.3, 0.4) is 0 Å². The minimum atomic E-state index is -1.57. The summed E-state index contributed by atoms with van der Waals surface area (Å²) in [5.74, 6) is 0. The van der Waals surface area contributed by atoms with Gasteiger partial charge in [-0.3, -0.25) is 4.98 Å². The largest absolute Gasteiger partial charge is 0.254 e. The molecule has 0 radical (unpaired) electrons. The lowest BCUT2D eigenvalue weighted by Crippen LogP contribution is -2.11. The van der Waals surface area contributed by atoms with Gasteiger partial charge in [0.2, 0.25) is 0 Å². The number of aryl methyl sites for hydroxylation is 1. The number of benzene rings is 2. The molecular formula is C26H25N3. The normalized spacial score (nSPS) is 13.8. The third-order valence-electron chi connectivity index (χ3n) is 5.25. The molecule has 5 rings (SSSR count). The highest BCUT2D eigenvalue weighted by atomic mass is 15.2. The second kappa shape index (κ2) is 6.41. The van der Waals surface area contributed by atoms with Crippen LogP contribution in [0.2, 0.25) is 0 Å². The lowest BCUT2D eigenvalue weighted by Gasteiger charge is -2.20. The molecule has 0 fully saturated rings. The molecule has 3 aromatic heterocycles. The van der Waals surface area contributed by atoms with Crippen molar-refractivity contribution in [1.29, 1.82) is 0 Å². The Hall–Kier alpha value is -3.20. The molecule has 0 aliphatic heterocycles. The van der Waals surface area contributed by atoms with E-state index in [9.17, 15) is 0 Å². The Bertz CT molecular complexity index is 1440. The van der Waals surface area contributed by atoms with Gasteiger partial charge in [0, 0.05) is 30.8 Å². The van der Waals surface area contributed by atoms with E-state index >= 15 is 0 Å². The van der Waals surface area contributed by atoms with Crippen LogP contribution in [-0.4, -0.2) is 14.6 Å². The van der Waals surface area contributed by atoms with E-state index in [0.29, 0.717) is 5.56 Å². The highest BCUT2D eigenvalue weighted by Gasteiger charge is 2.21. The summed E-state index contributed by atoms with van der Waals surface area (Å²) in [5, 5.41) is 7.11. The number of nitrogens with zero attached hydrogens (tertiary/aromatic N) is 3. The summed E-state index contributed by atoms with van der Waals surface area (Å²) in [6.07, 6.45) is 0.143. The van der Waals surface area contributed by atoms with Crippen molar-refractivity contribution in [3.05, 3.63) is 78.0 Å². The van der Waals surface area contributed by atoms with E-state index in [1.165, 1.54) is 0 Å². The summed E-state index contributed by atoms with van der Waals surface area (Å²) >= 11 is 0. The number of rotatable bonds is 2. The van der Waals surface area contributed by atoms with Crippen LogP contribution < -0.4 is 0 Å². The Kier molecular flexibility index (Phi) is 3.47. The van der Waals surface area contributed by atoms with Crippen molar-refractivity contribution >= 4 is 27.3 Å². The molecule has 3 heteroatoms. The van der Waals surface area contributed by atoms with Crippen molar-refractivity contribution in [3.8, 4) is 11.3 Å². The van der Waals surface area contributed by atoms with Crippen molar-refractivity contribution in [2.75, 3.05) is 0 Å². The van der Waals surface area contributed by atoms with Gasteiger partial charge in [0.25, 0.3) is 0 Å². The van der Waals surface area contributed by atoms with Crippen LogP contribution in [0.5, 0.6) is 0 Å². The molecule has 3 heterocycles. The van der Waals surface area contributed by atoms with Gasteiger partial charge < -0.3 is 0 Å². The van der Waals surface area contributed by atoms with Gasteiger partial charge in [0.1, 0.15) is 0 Å². The van der Waals surface area contributed by atoms with E-state index in [0.717, 1.165) is 44.1 Å². The van der Waals surface area contributed by atoms with Gasteiger partial charge in [0.05, 0.1) is 22.2 Å². The fraction of sp³-hybridized carbons (Fsp3) is 0.231. The van der Waals surface area contributed by atoms with E-state index in [1.807, 2.05) is 55.6 Å². The minimum absolute atomic E-state index is 0.594. The molecule has 0 unspecified atom stereocenters. The smallest absolute Gasteiger partial charge is 0.0968 e. The number of pyridine rings is 2. The third kappa shape index (κ3) is 2.89. The van der Waals surface area contributed by atoms with E-state index < -0.39 is 11.8 Å². The van der Waals surface area contributed by atoms with Crippen molar-refractivity contribution in [2.45, 2.75) is 34.1 Å². The predicted octanol–water partition coefficient (Wildman–Crippen LogP) is 6.60. The van der Waals surface area contributed by atoms with E-state index in [4.69, 9.17) is 12.8 Å². The Balaban J connectivity index is 2.03. The van der Waals surface area contributed by atoms with Gasteiger partial charge in [-0.25, -0.2) is 4.52 Å². The van der Waals surface area contributed by atoms with Crippen LogP contribution in [-0.2, 0) is 6.37 Å². The zero-order valence-electron chi connectivity index (χ0n) is 19.2. The molecule has 0 atom stereocenters. The van der Waals surface area contributed by atoms with Gasteiger partial charge in [-0.15, -0.1) is 0 Å². The van der Waals surface area contributed by atoms with E-state index in [-0.39, 0.29) is 0 Å². The molecule has 144 valence electrons. The van der Waals surface area contributed by atoms with Crippen LogP contribution in [0.1, 0.15) is 34.6 Å². The Morgan fingerprint density at radius 3 is 2.31 bits per heavy atom. The zero-order valence-corrected chi connectivity index (χ0v) is 17.2. The summed E-state index contributed by atoms with van der Waals surface area (Å²) in [5.41, 5.74) is 5.56. The van der Waals surface area contributed by atoms with Crippen LogP contribution in [0.4, 0.5) is 0 Å². The minimum Gasteiger partial charge on any atom is -0.254 e. The standard InChI is InChI=1S/C26H25N3/c1-17-22(18-10-6-5-7-11-18)28-29-24(17)21-13-9-8-12-20(21)23-25(29)19(14-15-27-23)16-26(2,3)4/h5-15H,16H2,1-4H3/i16D2. The second-order valence-corrected chi connectivity index (χ2v) is 8.58. The highest BCUT2D eigenvalue weighted by molar-refractivity contribution is 6.12. The number of fused-ring (bicyclic) bond motifs is 6. The summed E-state index contributed by atoms with van der Waals surface area (Å²) in [6, 6.07) is 20.2. The Labute approximate surface area is 173 Å². The van der Waals surface area contributed by atoms with E-state index in [2.05, 4.69) is 31.2 Å². The summed E-state index contributed by atoms with van der Waals surface area (Å²) < 4.78 is 19.9. The monoisotopic (exact) mass is 381 g/mol. The fourth-order valence-corrected chi connectivity index (χ4v) is 4.11. The first-order valence-corrected chi connectivity index (χ1v) is 9.96. The van der Waals surface area contributed by atoms with Crippen molar-refractivity contribution < 1.29 is 2.74 Å². The van der Waals surface area contributed by atoms with E-state index in [1.54, 1.807) is 12.3 Å².